The minimum atomic E-state index is -0.929. The first-order valence-corrected chi connectivity index (χ1v) is 9.34. The molecule has 0 spiro atoms. The van der Waals surface area contributed by atoms with E-state index in [1.807, 2.05) is 49.4 Å². The predicted octanol–water partition coefficient (Wildman–Crippen LogP) is 3.66. The first kappa shape index (κ1) is 18.5. The molecule has 1 aliphatic heterocycles. The van der Waals surface area contributed by atoms with E-state index in [4.69, 9.17) is 0 Å². The molecule has 0 bridgehead atoms. The monoisotopic (exact) mass is 413 g/mol. The van der Waals surface area contributed by atoms with Crippen molar-refractivity contribution in [1.29, 1.82) is 0 Å². The molecule has 0 N–H and O–H groups in total. The van der Waals surface area contributed by atoms with Gasteiger partial charge in [-0.2, -0.15) is 0 Å². The highest BCUT2D eigenvalue weighted by Crippen LogP contribution is 2.37. The molecular formula is C21H20BrNO3. The molecule has 134 valence electrons. The number of carbonyl (C=O) groups is 3. The lowest BCUT2D eigenvalue weighted by atomic mass is 9.90. The van der Waals surface area contributed by atoms with Gasteiger partial charge in [0.2, 0.25) is 5.78 Å². The van der Waals surface area contributed by atoms with Crippen LogP contribution in [0.5, 0.6) is 0 Å². The third-order valence-corrected chi connectivity index (χ3v) is 5.31. The number of carbonyl (C=O) groups excluding carboxylic acids is 3. The van der Waals surface area contributed by atoms with Gasteiger partial charge in [0.1, 0.15) is 11.7 Å². The van der Waals surface area contributed by atoms with Gasteiger partial charge in [0, 0.05) is 11.0 Å². The summed E-state index contributed by atoms with van der Waals surface area (Å²) >= 11 is 3.39. The van der Waals surface area contributed by atoms with E-state index in [1.165, 1.54) is 6.92 Å². The number of aryl methyl sites for hydroxylation is 1. The van der Waals surface area contributed by atoms with Gasteiger partial charge in [-0.05, 0) is 43.5 Å². The second kappa shape index (κ2) is 7.54. The fraction of sp³-hybridized carbons (Fsp3) is 0.286. The van der Waals surface area contributed by atoms with Crippen LogP contribution >= 0.6 is 15.9 Å². The van der Waals surface area contributed by atoms with E-state index in [-0.39, 0.29) is 5.78 Å². The third kappa shape index (κ3) is 3.63. The highest BCUT2D eigenvalue weighted by atomic mass is 79.9. The van der Waals surface area contributed by atoms with Crippen molar-refractivity contribution in [2.75, 3.05) is 6.54 Å². The Morgan fingerprint density at radius 2 is 1.81 bits per heavy atom. The summed E-state index contributed by atoms with van der Waals surface area (Å²) < 4.78 is 0.905. The average molecular weight is 414 g/mol. The Kier molecular flexibility index (Phi) is 5.37. The minimum Gasteiger partial charge on any atom is -0.328 e. The summed E-state index contributed by atoms with van der Waals surface area (Å²) in [4.78, 5) is 38.7. The smallest absolute Gasteiger partial charge is 0.291 e. The van der Waals surface area contributed by atoms with Crippen molar-refractivity contribution in [3.8, 4) is 0 Å². The Bertz CT molecular complexity index is 860. The van der Waals surface area contributed by atoms with Crippen LogP contribution in [-0.2, 0) is 20.8 Å². The van der Waals surface area contributed by atoms with Crippen LogP contribution in [0, 0.1) is 12.8 Å². The van der Waals surface area contributed by atoms with Gasteiger partial charge in [0.15, 0.2) is 0 Å². The Morgan fingerprint density at radius 1 is 1.12 bits per heavy atom. The molecule has 1 saturated heterocycles. The molecular weight excluding hydrogens is 394 g/mol. The van der Waals surface area contributed by atoms with Gasteiger partial charge in [0.25, 0.3) is 5.91 Å². The number of nitrogens with zero attached hydrogens (tertiary/aromatic N) is 1. The molecule has 1 amide bonds. The summed E-state index contributed by atoms with van der Waals surface area (Å²) in [6.07, 6.45) is 0.637. The first-order chi connectivity index (χ1) is 12.4. The zero-order valence-corrected chi connectivity index (χ0v) is 16.3. The molecule has 3 rings (SSSR count). The molecule has 26 heavy (non-hydrogen) atoms. The molecule has 2 aromatic carbocycles. The van der Waals surface area contributed by atoms with Crippen molar-refractivity contribution < 1.29 is 14.4 Å². The zero-order chi connectivity index (χ0) is 18.8. The summed E-state index contributed by atoms with van der Waals surface area (Å²) in [5.74, 6) is -2.36. The Morgan fingerprint density at radius 3 is 2.42 bits per heavy atom. The van der Waals surface area contributed by atoms with Crippen LogP contribution < -0.4 is 0 Å². The molecule has 0 radical (unpaired) electrons. The van der Waals surface area contributed by atoms with Gasteiger partial charge in [-0.15, -0.1) is 0 Å². The number of hydrogen-bond acceptors (Lipinski definition) is 3. The van der Waals surface area contributed by atoms with Crippen LogP contribution in [0.3, 0.4) is 0 Å². The summed E-state index contributed by atoms with van der Waals surface area (Å²) in [5.41, 5.74) is 3.06. The maximum Gasteiger partial charge on any atom is 0.291 e. The summed E-state index contributed by atoms with van der Waals surface area (Å²) in [6, 6.07) is 15.0. The second-order valence-electron chi connectivity index (χ2n) is 6.69. The maximum absolute atomic E-state index is 12.6. The van der Waals surface area contributed by atoms with Crippen molar-refractivity contribution in [2.45, 2.75) is 26.3 Å². The third-order valence-electron chi connectivity index (χ3n) is 4.78. The molecule has 0 saturated carbocycles. The van der Waals surface area contributed by atoms with Gasteiger partial charge in [-0.25, -0.2) is 0 Å². The number of likely N-dealkylation sites (tertiary alicyclic amines) is 1. The van der Waals surface area contributed by atoms with E-state index < -0.39 is 23.7 Å². The van der Waals surface area contributed by atoms with Gasteiger partial charge >= 0.3 is 0 Å². The molecule has 1 fully saturated rings. The molecule has 2 unspecified atom stereocenters. The van der Waals surface area contributed by atoms with E-state index in [0.717, 1.165) is 21.2 Å². The molecule has 1 heterocycles. The SMILES string of the molecule is CC(=O)C1C(=O)C(=O)N(CCc2cccc(C)c2)C1c1ccc(Br)cc1. The molecule has 2 aromatic rings. The van der Waals surface area contributed by atoms with E-state index in [0.29, 0.717) is 13.0 Å². The van der Waals surface area contributed by atoms with Crippen LogP contribution in [0.2, 0.25) is 0 Å². The Balaban J connectivity index is 1.91. The van der Waals surface area contributed by atoms with E-state index in [1.54, 1.807) is 4.90 Å². The highest BCUT2D eigenvalue weighted by Gasteiger charge is 2.49. The Labute approximate surface area is 161 Å². The van der Waals surface area contributed by atoms with Crippen molar-refractivity contribution in [3.63, 3.8) is 0 Å². The van der Waals surface area contributed by atoms with Crippen LogP contribution in [-0.4, -0.2) is 28.9 Å². The summed E-state index contributed by atoms with van der Waals surface area (Å²) in [7, 11) is 0. The van der Waals surface area contributed by atoms with Crippen LogP contribution in [0.25, 0.3) is 0 Å². The van der Waals surface area contributed by atoms with Crippen molar-refractivity contribution in [2.24, 2.45) is 5.92 Å². The van der Waals surface area contributed by atoms with E-state index in [2.05, 4.69) is 22.0 Å². The molecule has 0 aliphatic carbocycles. The normalized spacial score (nSPS) is 19.9. The molecule has 5 heteroatoms. The lowest BCUT2D eigenvalue weighted by Gasteiger charge is -2.27. The van der Waals surface area contributed by atoms with Crippen molar-refractivity contribution in [1.82, 2.24) is 4.90 Å². The molecule has 1 aliphatic rings. The van der Waals surface area contributed by atoms with Crippen LogP contribution in [0.4, 0.5) is 0 Å². The maximum atomic E-state index is 12.6. The first-order valence-electron chi connectivity index (χ1n) is 8.55. The van der Waals surface area contributed by atoms with Crippen LogP contribution in [0.1, 0.15) is 29.7 Å². The topological polar surface area (TPSA) is 54.5 Å². The number of benzene rings is 2. The summed E-state index contributed by atoms with van der Waals surface area (Å²) in [6.45, 7) is 3.80. The zero-order valence-electron chi connectivity index (χ0n) is 14.7. The van der Waals surface area contributed by atoms with Crippen LogP contribution in [0.15, 0.2) is 53.0 Å². The van der Waals surface area contributed by atoms with E-state index >= 15 is 0 Å². The number of ketones is 2. The number of hydrogen-bond donors (Lipinski definition) is 0. The average Bonchev–Trinajstić information content (AvgIpc) is 2.85. The molecule has 4 nitrogen and oxygen atoms in total. The standard InChI is InChI=1S/C21H20BrNO3/c1-13-4-3-5-15(12-13)10-11-23-19(16-6-8-17(22)9-7-16)18(14(2)24)20(25)21(23)26/h3-9,12,18-19H,10-11H2,1-2H3. The van der Waals surface area contributed by atoms with Gasteiger partial charge in [0.05, 0.1) is 6.04 Å². The highest BCUT2D eigenvalue weighted by molar-refractivity contribution is 9.10. The second-order valence-corrected chi connectivity index (χ2v) is 7.60. The molecule has 2 atom stereocenters. The van der Waals surface area contributed by atoms with Crippen molar-refractivity contribution >= 4 is 33.4 Å². The number of Topliss-reactive ketones (excluding diaryl/α,β-unsaturated/α-hetero) is 2. The predicted molar refractivity (Wildman–Crippen MR) is 103 cm³/mol. The fourth-order valence-electron chi connectivity index (χ4n) is 3.52. The quantitative estimate of drug-likeness (QED) is 0.555. The number of halogens is 1. The van der Waals surface area contributed by atoms with Crippen molar-refractivity contribution in [3.05, 3.63) is 69.7 Å². The number of rotatable bonds is 5. The van der Waals surface area contributed by atoms with Gasteiger partial charge in [-0.3, -0.25) is 14.4 Å². The lowest BCUT2D eigenvalue weighted by molar-refractivity contribution is -0.142. The number of amides is 1. The Hall–Kier alpha value is -2.27. The van der Waals surface area contributed by atoms with Gasteiger partial charge in [-0.1, -0.05) is 57.9 Å². The largest absolute Gasteiger partial charge is 0.328 e. The fourth-order valence-corrected chi connectivity index (χ4v) is 3.79. The lowest BCUT2D eigenvalue weighted by Crippen LogP contribution is -2.32. The molecule has 0 aromatic heterocycles. The minimum absolute atomic E-state index is 0.269. The summed E-state index contributed by atoms with van der Waals surface area (Å²) in [5, 5.41) is 0. The van der Waals surface area contributed by atoms with E-state index in [9.17, 15) is 14.4 Å². The van der Waals surface area contributed by atoms with Gasteiger partial charge < -0.3 is 4.90 Å².